The molecule has 1 fully saturated rings. The van der Waals surface area contributed by atoms with Gasteiger partial charge in [0.05, 0.1) is 19.8 Å². The fraction of sp³-hybridized carbons (Fsp3) is 0.350. The van der Waals surface area contributed by atoms with Crippen LogP contribution in [0, 0.1) is 0 Å². The molecule has 2 heterocycles. The summed E-state index contributed by atoms with van der Waals surface area (Å²) in [6.45, 7) is 0.746. The zero-order valence-electron chi connectivity index (χ0n) is 14.0. The Labute approximate surface area is 142 Å². The molecule has 4 nitrogen and oxygen atoms in total. The Bertz CT molecular complexity index is 787. The van der Waals surface area contributed by atoms with Gasteiger partial charge < -0.3 is 14.4 Å². The molecule has 0 unspecified atom stereocenters. The Morgan fingerprint density at radius 1 is 1.00 bits per heavy atom. The number of fused-ring (bicyclic) bond motifs is 3. The lowest BCUT2D eigenvalue weighted by molar-refractivity contribution is -0.131. The van der Waals surface area contributed by atoms with Gasteiger partial charge in [0.2, 0.25) is 5.91 Å². The van der Waals surface area contributed by atoms with Crippen LogP contribution in [0.15, 0.2) is 42.5 Å². The first-order chi connectivity index (χ1) is 11.7. The fourth-order valence-corrected chi connectivity index (χ4v) is 4.28. The van der Waals surface area contributed by atoms with Gasteiger partial charge in [-0.2, -0.15) is 0 Å². The highest BCUT2D eigenvalue weighted by Crippen LogP contribution is 2.50. The minimum Gasteiger partial charge on any atom is -0.493 e. The number of hydrogen-bond acceptors (Lipinski definition) is 3. The summed E-state index contributed by atoms with van der Waals surface area (Å²) in [7, 11) is 3.31. The molecule has 2 aromatic carbocycles. The van der Waals surface area contributed by atoms with Gasteiger partial charge in [0, 0.05) is 13.0 Å². The highest BCUT2D eigenvalue weighted by atomic mass is 16.5. The molecule has 124 valence electrons. The lowest BCUT2D eigenvalue weighted by Gasteiger charge is -2.44. The minimum absolute atomic E-state index is 0.235. The minimum atomic E-state index is -0.383. The molecule has 0 saturated carbocycles. The van der Waals surface area contributed by atoms with Gasteiger partial charge >= 0.3 is 0 Å². The molecule has 0 aromatic heterocycles. The third-order valence-corrected chi connectivity index (χ3v) is 5.37. The standard InChI is InChI=1S/C20H21NO3/c1-23-17-12-14-9-11-21-19(22)8-10-20(21,15-6-4-3-5-7-15)16(14)13-18(17)24-2/h3-7,12-13H,8-11H2,1-2H3/t20-/m0/s1. The molecule has 4 heteroatoms. The lowest BCUT2D eigenvalue weighted by Crippen LogP contribution is -2.48. The summed E-state index contributed by atoms with van der Waals surface area (Å²) in [6, 6.07) is 14.5. The molecule has 0 spiro atoms. The molecular weight excluding hydrogens is 302 g/mol. The van der Waals surface area contributed by atoms with E-state index in [4.69, 9.17) is 9.47 Å². The summed E-state index contributed by atoms with van der Waals surface area (Å²) in [4.78, 5) is 14.6. The van der Waals surface area contributed by atoms with E-state index in [1.165, 1.54) is 16.7 Å². The summed E-state index contributed by atoms with van der Waals surface area (Å²) >= 11 is 0. The molecule has 1 amide bonds. The first kappa shape index (κ1) is 15.1. The second-order valence-corrected chi connectivity index (χ2v) is 6.39. The molecule has 0 aliphatic carbocycles. The molecule has 0 radical (unpaired) electrons. The van der Waals surface area contributed by atoms with E-state index in [0.29, 0.717) is 12.2 Å². The van der Waals surface area contributed by atoms with Crippen LogP contribution >= 0.6 is 0 Å². The molecule has 0 bridgehead atoms. The fourth-order valence-electron chi connectivity index (χ4n) is 4.28. The SMILES string of the molecule is COc1cc2c(cc1OC)[C@@]1(c3ccccc3)CCC(=O)N1CC2. The van der Waals surface area contributed by atoms with Crippen LogP contribution < -0.4 is 9.47 Å². The average molecular weight is 323 g/mol. The van der Waals surface area contributed by atoms with Crippen LogP contribution in [0.1, 0.15) is 29.5 Å². The smallest absolute Gasteiger partial charge is 0.223 e. The van der Waals surface area contributed by atoms with Crippen LogP contribution in [0.2, 0.25) is 0 Å². The molecule has 2 aliphatic heterocycles. The third kappa shape index (κ3) is 1.95. The van der Waals surface area contributed by atoms with E-state index in [0.717, 1.165) is 25.1 Å². The van der Waals surface area contributed by atoms with E-state index in [1.54, 1.807) is 14.2 Å². The maximum absolute atomic E-state index is 12.5. The Morgan fingerprint density at radius 3 is 2.42 bits per heavy atom. The number of carbonyl (C=O) groups is 1. The van der Waals surface area contributed by atoms with Crippen LogP contribution in [0.5, 0.6) is 11.5 Å². The van der Waals surface area contributed by atoms with E-state index in [2.05, 4.69) is 29.2 Å². The van der Waals surface area contributed by atoms with Gasteiger partial charge in [0.1, 0.15) is 0 Å². The second-order valence-electron chi connectivity index (χ2n) is 6.39. The highest BCUT2D eigenvalue weighted by Gasteiger charge is 2.50. The van der Waals surface area contributed by atoms with Crippen LogP contribution in [0.3, 0.4) is 0 Å². The van der Waals surface area contributed by atoms with Crippen molar-refractivity contribution in [3.05, 3.63) is 59.2 Å². The number of nitrogens with zero attached hydrogens (tertiary/aromatic N) is 1. The number of ether oxygens (including phenoxy) is 2. The van der Waals surface area contributed by atoms with E-state index in [9.17, 15) is 4.79 Å². The number of amides is 1. The van der Waals surface area contributed by atoms with Gasteiger partial charge in [-0.3, -0.25) is 4.79 Å². The van der Waals surface area contributed by atoms with Crippen molar-refractivity contribution in [3.8, 4) is 11.5 Å². The molecule has 2 aromatic rings. The quantitative estimate of drug-likeness (QED) is 0.871. The Balaban J connectivity index is 1.98. The largest absolute Gasteiger partial charge is 0.493 e. The van der Waals surface area contributed by atoms with Gasteiger partial charge in [-0.1, -0.05) is 30.3 Å². The molecule has 4 rings (SSSR count). The van der Waals surface area contributed by atoms with Crippen molar-refractivity contribution < 1.29 is 14.3 Å². The van der Waals surface area contributed by atoms with Crippen molar-refractivity contribution in [2.45, 2.75) is 24.8 Å². The van der Waals surface area contributed by atoms with Crippen molar-refractivity contribution in [1.29, 1.82) is 0 Å². The zero-order chi connectivity index (χ0) is 16.7. The predicted molar refractivity (Wildman–Crippen MR) is 91.4 cm³/mol. The third-order valence-electron chi connectivity index (χ3n) is 5.37. The van der Waals surface area contributed by atoms with Crippen LogP contribution in [-0.2, 0) is 16.8 Å². The number of carbonyl (C=O) groups excluding carboxylic acids is 1. The summed E-state index contributed by atoms with van der Waals surface area (Å²) in [5.41, 5.74) is 3.20. The van der Waals surface area contributed by atoms with E-state index in [1.807, 2.05) is 18.2 Å². The maximum atomic E-state index is 12.5. The Hall–Kier alpha value is -2.49. The van der Waals surface area contributed by atoms with Crippen molar-refractivity contribution in [2.24, 2.45) is 0 Å². The summed E-state index contributed by atoms with van der Waals surface area (Å²) in [6.07, 6.45) is 2.23. The van der Waals surface area contributed by atoms with Crippen LogP contribution in [0.25, 0.3) is 0 Å². The van der Waals surface area contributed by atoms with Crippen molar-refractivity contribution in [2.75, 3.05) is 20.8 Å². The van der Waals surface area contributed by atoms with Crippen LogP contribution in [0.4, 0.5) is 0 Å². The summed E-state index contributed by atoms with van der Waals surface area (Å²) in [5.74, 6) is 1.70. The number of methoxy groups -OCH3 is 2. The number of hydrogen-bond donors (Lipinski definition) is 0. The molecule has 0 N–H and O–H groups in total. The van der Waals surface area contributed by atoms with Gasteiger partial charge in [0.15, 0.2) is 11.5 Å². The topological polar surface area (TPSA) is 38.8 Å². The maximum Gasteiger partial charge on any atom is 0.223 e. The van der Waals surface area contributed by atoms with E-state index < -0.39 is 0 Å². The molecule has 1 atom stereocenters. The average Bonchev–Trinajstić information content (AvgIpc) is 2.99. The van der Waals surface area contributed by atoms with Crippen molar-refractivity contribution in [3.63, 3.8) is 0 Å². The monoisotopic (exact) mass is 323 g/mol. The highest BCUT2D eigenvalue weighted by molar-refractivity contribution is 5.82. The van der Waals surface area contributed by atoms with Gasteiger partial charge in [-0.25, -0.2) is 0 Å². The first-order valence-corrected chi connectivity index (χ1v) is 8.32. The van der Waals surface area contributed by atoms with E-state index in [-0.39, 0.29) is 11.4 Å². The second kappa shape index (κ2) is 5.55. The number of rotatable bonds is 3. The summed E-state index contributed by atoms with van der Waals surface area (Å²) < 4.78 is 11.0. The first-order valence-electron chi connectivity index (χ1n) is 8.32. The normalized spacial score (nSPS) is 22.1. The van der Waals surface area contributed by atoms with Crippen LogP contribution in [-0.4, -0.2) is 31.6 Å². The molecule has 24 heavy (non-hydrogen) atoms. The Kier molecular flexibility index (Phi) is 3.48. The lowest BCUT2D eigenvalue weighted by atomic mass is 9.75. The number of benzene rings is 2. The van der Waals surface area contributed by atoms with E-state index >= 15 is 0 Å². The van der Waals surface area contributed by atoms with Crippen molar-refractivity contribution >= 4 is 5.91 Å². The molecule has 2 aliphatic rings. The zero-order valence-corrected chi connectivity index (χ0v) is 14.0. The van der Waals surface area contributed by atoms with Gasteiger partial charge in [0.25, 0.3) is 0 Å². The van der Waals surface area contributed by atoms with Gasteiger partial charge in [-0.15, -0.1) is 0 Å². The summed E-state index contributed by atoms with van der Waals surface area (Å²) in [5, 5.41) is 0. The van der Waals surface area contributed by atoms with Gasteiger partial charge in [-0.05, 0) is 41.7 Å². The predicted octanol–water partition coefficient (Wildman–Crippen LogP) is 3.13. The Morgan fingerprint density at radius 2 is 1.71 bits per heavy atom. The molecular formula is C20H21NO3. The molecule has 1 saturated heterocycles. The van der Waals surface area contributed by atoms with Crippen molar-refractivity contribution in [1.82, 2.24) is 4.90 Å².